The number of carbonyl (C=O) groups excluding carboxylic acids is 1. The molecule has 0 aliphatic carbocycles. The van der Waals surface area contributed by atoms with E-state index in [0.29, 0.717) is 22.8 Å². The second-order valence-corrected chi connectivity index (χ2v) is 5.75. The number of nitrogens with one attached hydrogen (secondary N) is 1. The van der Waals surface area contributed by atoms with Gasteiger partial charge in [-0.1, -0.05) is 23.7 Å². The van der Waals surface area contributed by atoms with E-state index >= 15 is 0 Å². The number of nitro groups is 1. The number of aromatic nitrogens is 2. The van der Waals surface area contributed by atoms with Gasteiger partial charge in [-0.2, -0.15) is 5.10 Å². The number of halogens is 1. The highest BCUT2D eigenvalue weighted by atomic mass is 35.5. The standard InChI is InChI=1S/C17H13ClN4O3/c18-14-9-19-21(11-14)10-12-1-3-13(4-2-12)17(23)20-15-5-7-16(8-6-15)22(24)25/h1-9,11H,10H2,(H,20,23). The fraction of sp³-hybridized carbons (Fsp3) is 0.0588. The molecule has 1 aromatic heterocycles. The minimum absolute atomic E-state index is 0.0268. The van der Waals surface area contributed by atoms with E-state index in [1.807, 2.05) is 12.1 Å². The van der Waals surface area contributed by atoms with Gasteiger partial charge in [-0.15, -0.1) is 0 Å². The first-order valence-electron chi connectivity index (χ1n) is 7.34. The first-order chi connectivity index (χ1) is 12.0. The number of amides is 1. The van der Waals surface area contributed by atoms with Gasteiger partial charge in [0.1, 0.15) is 0 Å². The maximum Gasteiger partial charge on any atom is 0.269 e. The molecule has 0 bridgehead atoms. The van der Waals surface area contributed by atoms with Gasteiger partial charge in [0, 0.05) is 29.6 Å². The van der Waals surface area contributed by atoms with E-state index in [9.17, 15) is 14.9 Å². The molecule has 1 amide bonds. The van der Waals surface area contributed by atoms with Crippen molar-refractivity contribution in [1.29, 1.82) is 0 Å². The molecule has 0 saturated carbocycles. The third-order valence-corrected chi connectivity index (χ3v) is 3.69. The van der Waals surface area contributed by atoms with Gasteiger partial charge in [0.15, 0.2) is 0 Å². The summed E-state index contributed by atoms with van der Waals surface area (Å²) >= 11 is 5.82. The zero-order valence-electron chi connectivity index (χ0n) is 12.9. The second-order valence-electron chi connectivity index (χ2n) is 5.31. The maximum atomic E-state index is 12.2. The molecule has 0 aliphatic heterocycles. The zero-order valence-corrected chi connectivity index (χ0v) is 13.7. The highest BCUT2D eigenvalue weighted by Gasteiger charge is 2.08. The lowest BCUT2D eigenvalue weighted by molar-refractivity contribution is -0.384. The highest BCUT2D eigenvalue weighted by molar-refractivity contribution is 6.30. The van der Waals surface area contributed by atoms with Crippen LogP contribution < -0.4 is 5.32 Å². The van der Waals surface area contributed by atoms with Crippen molar-refractivity contribution >= 4 is 28.9 Å². The Morgan fingerprint density at radius 1 is 1.16 bits per heavy atom. The normalized spacial score (nSPS) is 10.4. The Morgan fingerprint density at radius 3 is 2.40 bits per heavy atom. The van der Waals surface area contributed by atoms with Crippen LogP contribution in [0.5, 0.6) is 0 Å². The fourth-order valence-corrected chi connectivity index (χ4v) is 2.40. The van der Waals surface area contributed by atoms with Gasteiger partial charge in [-0.3, -0.25) is 19.6 Å². The first-order valence-corrected chi connectivity index (χ1v) is 7.72. The van der Waals surface area contributed by atoms with Crippen molar-refractivity contribution in [2.75, 3.05) is 5.32 Å². The molecular weight excluding hydrogens is 344 g/mol. The smallest absolute Gasteiger partial charge is 0.269 e. The van der Waals surface area contributed by atoms with E-state index in [-0.39, 0.29) is 11.6 Å². The van der Waals surface area contributed by atoms with Crippen LogP contribution in [0.15, 0.2) is 60.9 Å². The molecule has 0 aliphatic rings. The van der Waals surface area contributed by atoms with Crippen LogP contribution in [0.25, 0.3) is 0 Å². The number of nitrogens with zero attached hydrogens (tertiary/aromatic N) is 3. The van der Waals surface area contributed by atoms with Crippen LogP contribution in [0.4, 0.5) is 11.4 Å². The lowest BCUT2D eigenvalue weighted by atomic mass is 10.1. The van der Waals surface area contributed by atoms with E-state index in [1.165, 1.54) is 24.3 Å². The number of benzene rings is 2. The molecule has 2 aromatic carbocycles. The first kappa shape index (κ1) is 16.7. The molecule has 3 aromatic rings. The summed E-state index contributed by atoms with van der Waals surface area (Å²) in [5.41, 5.74) is 1.93. The molecule has 1 N–H and O–H groups in total. The number of non-ortho nitro benzene ring substituents is 1. The molecule has 3 rings (SSSR count). The van der Waals surface area contributed by atoms with Crippen molar-refractivity contribution in [2.24, 2.45) is 0 Å². The highest BCUT2D eigenvalue weighted by Crippen LogP contribution is 2.16. The van der Waals surface area contributed by atoms with E-state index in [2.05, 4.69) is 10.4 Å². The van der Waals surface area contributed by atoms with Crippen molar-refractivity contribution in [2.45, 2.75) is 6.54 Å². The van der Waals surface area contributed by atoms with Gasteiger partial charge in [-0.05, 0) is 29.8 Å². The fourth-order valence-electron chi connectivity index (χ4n) is 2.24. The van der Waals surface area contributed by atoms with E-state index in [4.69, 9.17) is 11.6 Å². The van der Waals surface area contributed by atoms with Crippen LogP contribution in [0.2, 0.25) is 5.02 Å². The van der Waals surface area contributed by atoms with E-state index in [1.54, 1.807) is 29.2 Å². The van der Waals surface area contributed by atoms with Gasteiger partial charge in [-0.25, -0.2) is 0 Å². The Balaban J connectivity index is 1.65. The minimum Gasteiger partial charge on any atom is -0.322 e. The molecule has 0 unspecified atom stereocenters. The molecule has 0 spiro atoms. The van der Waals surface area contributed by atoms with Crippen molar-refractivity contribution in [3.05, 3.63) is 87.2 Å². The van der Waals surface area contributed by atoms with Gasteiger partial charge in [0.05, 0.1) is 22.7 Å². The second kappa shape index (κ2) is 7.14. The Labute approximate surface area is 148 Å². The largest absolute Gasteiger partial charge is 0.322 e. The summed E-state index contributed by atoms with van der Waals surface area (Å²) in [5, 5.41) is 18.0. The van der Waals surface area contributed by atoms with Gasteiger partial charge < -0.3 is 5.32 Å². The molecule has 0 saturated heterocycles. The number of hydrogen-bond acceptors (Lipinski definition) is 4. The lowest BCUT2D eigenvalue weighted by Crippen LogP contribution is -2.12. The topological polar surface area (TPSA) is 90.1 Å². The summed E-state index contributed by atoms with van der Waals surface area (Å²) in [4.78, 5) is 22.4. The van der Waals surface area contributed by atoms with E-state index in [0.717, 1.165) is 5.56 Å². The number of hydrogen-bond donors (Lipinski definition) is 1. The van der Waals surface area contributed by atoms with Crippen LogP contribution in [-0.4, -0.2) is 20.6 Å². The third kappa shape index (κ3) is 4.21. The summed E-state index contributed by atoms with van der Waals surface area (Å²) in [6, 6.07) is 12.8. The lowest BCUT2D eigenvalue weighted by Gasteiger charge is -2.06. The molecule has 0 atom stereocenters. The third-order valence-electron chi connectivity index (χ3n) is 3.50. The van der Waals surface area contributed by atoms with Crippen LogP contribution in [0.1, 0.15) is 15.9 Å². The van der Waals surface area contributed by atoms with Crippen LogP contribution in [0.3, 0.4) is 0 Å². The van der Waals surface area contributed by atoms with Crippen molar-refractivity contribution < 1.29 is 9.72 Å². The predicted octanol–water partition coefficient (Wildman–Crippen LogP) is 3.75. The zero-order chi connectivity index (χ0) is 17.8. The molecule has 8 heteroatoms. The molecule has 126 valence electrons. The van der Waals surface area contributed by atoms with Crippen LogP contribution in [0, 0.1) is 10.1 Å². The van der Waals surface area contributed by atoms with Gasteiger partial charge in [0.25, 0.3) is 11.6 Å². The van der Waals surface area contributed by atoms with Crippen molar-refractivity contribution in [1.82, 2.24) is 9.78 Å². The Hall–Kier alpha value is -3.19. The molecular formula is C17H13ClN4O3. The Kier molecular flexibility index (Phi) is 4.76. The summed E-state index contributed by atoms with van der Waals surface area (Å²) in [7, 11) is 0. The summed E-state index contributed by atoms with van der Waals surface area (Å²) < 4.78 is 1.70. The summed E-state index contributed by atoms with van der Waals surface area (Å²) in [6.45, 7) is 0.553. The maximum absolute atomic E-state index is 12.2. The van der Waals surface area contributed by atoms with Gasteiger partial charge in [0.2, 0.25) is 0 Å². The predicted molar refractivity (Wildman–Crippen MR) is 93.8 cm³/mol. The van der Waals surface area contributed by atoms with Crippen LogP contribution >= 0.6 is 11.6 Å². The average Bonchev–Trinajstić information content (AvgIpc) is 3.01. The van der Waals surface area contributed by atoms with Crippen LogP contribution in [-0.2, 0) is 6.54 Å². The monoisotopic (exact) mass is 356 g/mol. The number of nitro benzene ring substituents is 1. The number of anilines is 1. The molecule has 1 heterocycles. The Morgan fingerprint density at radius 2 is 1.84 bits per heavy atom. The molecule has 0 fully saturated rings. The SMILES string of the molecule is O=C(Nc1ccc([N+](=O)[O-])cc1)c1ccc(Cn2cc(Cl)cn2)cc1. The molecule has 25 heavy (non-hydrogen) atoms. The number of carbonyl (C=O) groups is 1. The molecule has 7 nitrogen and oxygen atoms in total. The number of rotatable bonds is 5. The molecule has 0 radical (unpaired) electrons. The van der Waals surface area contributed by atoms with Crippen molar-refractivity contribution in [3.63, 3.8) is 0 Å². The Bertz CT molecular complexity index is 904. The summed E-state index contributed by atoms with van der Waals surface area (Å²) in [6.07, 6.45) is 3.28. The quantitative estimate of drug-likeness (QED) is 0.557. The van der Waals surface area contributed by atoms with E-state index < -0.39 is 4.92 Å². The minimum atomic E-state index is -0.489. The van der Waals surface area contributed by atoms with Gasteiger partial charge >= 0.3 is 0 Å². The average molecular weight is 357 g/mol. The van der Waals surface area contributed by atoms with Crippen molar-refractivity contribution in [3.8, 4) is 0 Å². The summed E-state index contributed by atoms with van der Waals surface area (Å²) in [5.74, 6) is -0.289.